The molecule has 18 heteroatoms. The minimum Gasteiger partial charge on any atom is -0.381 e. The van der Waals surface area contributed by atoms with Gasteiger partial charge in [0.15, 0.2) is 29.9 Å². The number of ether oxygens (including phenoxy) is 2. The van der Waals surface area contributed by atoms with Crippen molar-refractivity contribution in [2.75, 3.05) is 48.6 Å². The highest BCUT2D eigenvalue weighted by Crippen LogP contribution is 2.30. The number of pyridine rings is 2. The Bertz CT molecular complexity index is 1930. The molecule has 0 unspecified atom stereocenters. The van der Waals surface area contributed by atoms with Crippen LogP contribution in [0.25, 0.3) is 22.6 Å². The second kappa shape index (κ2) is 17.8. The molecule has 54 heavy (non-hydrogen) atoms. The molecule has 4 aromatic rings. The molecule has 6 heterocycles. The summed E-state index contributed by atoms with van der Waals surface area (Å²) in [5.41, 5.74) is 2.85. The molecule has 2 aliphatic heterocycles. The maximum atomic E-state index is 12.9. The summed E-state index contributed by atoms with van der Waals surface area (Å²) in [6.45, 7) is 8.09. The Balaban J connectivity index is 0.000000208. The minimum atomic E-state index is -3.63. The fourth-order valence-corrected chi connectivity index (χ4v) is 10.4. The zero-order valence-corrected chi connectivity index (χ0v) is 34.0. The maximum Gasteiger partial charge on any atom is 0.247 e. The first-order chi connectivity index (χ1) is 25.6. The minimum absolute atomic E-state index is 0.00438. The molecule has 2 N–H and O–H groups in total. The van der Waals surface area contributed by atoms with Crippen molar-refractivity contribution >= 4 is 64.4 Å². The number of nitrogens with zero attached hydrogens (tertiary/aromatic N) is 4. The molecule has 4 aromatic heterocycles. The molecule has 2 fully saturated rings. The van der Waals surface area contributed by atoms with Crippen LogP contribution < -0.4 is 10.6 Å². The molecule has 14 nitrogen and oxygen atoms in total. The van der Waals surface area contributed by atoms with Crippen LogP contribution in [0.15, 0.2) is 59.7 Å². The van der Waals surface area contributed by atoms with Crippen LogP contribution >= 0.6 is 22.7 Å². The van der Waals surface area contributed by atoms with Gasteiger partial charge < -0.3 is 20.1 Å². The van der Waals surface area contributed by atoms with E-state index in [1.54, 1.807) is 35.4 Å². The monoisotopic (exact) mass is 818 g/mol. The molecule has 0 atom stereocenters. The number of hydrogen-bond acceptors (Lipinski definition) is 14. The third kappa shape index (κ3) is 10.3. The van der Waals surface area contributed by atoms with Gasteiger partial charge in [-0.25, -0.2) is 26.8 Å². The van der Waals surface area contributed by atoms with E-state index >= 15 is 0 Å². The van der Waals surface area contributed by atoms with Gasteiger partial charge in [0, 0.05) is 61.3 Å². The molecule has 2 aliphatic rings. The lowest BCUT2D eigenvalue weighted by atomic mass is 10.0. The van der Waals surface area contributed by atoms with E-state index in [4.69, 9.17) is 9.47 Å². The zero-order valence-electron chi connectivity index (χ0n) is 30.7. The molecule has 2 amide bonds. The van der Waals surface area contributed by atoms with Gasteiger partial charge in [-0.1, -0.05) is 6.07 Å². The summed E-state index contributed by atoms with van der Waals surface area (Å²) in [6, 6.07) is 9.16. The van der Waals surface area contributed by atoms with Gasteiger partial charge in [-0.3, -0.25) is 19.6 Å². The van der Waals surface area contributed by atoms with E-state index in [-0.39, 0.29) is 23.3 Å². The Morgan fingerprint density at radius 3 is 1.67 bits per heavy atom. The van der Waals surface area contributed by atoms with E-state index in [2.05, 4.69) is 30.6 Å². The first kappa shape index (κ1) is 41.5. The number of rotatable bonds is 12. The highest BCUT2D eigenvalue weighted by atomic mass is 32.2. The molecule has 0 saturated carbocycles. The van der Waals surface area contributed by atoms with Crippen molar-refractivity contribution in [3.63, 3.8) is 0 Å². The number of nitrogens with one attached hydrogen (secondary N) is 2. The van der Waals surface area contributed by atoms with Crippen LogP contribution in [0.4, 0.5) is 10.3 Å². The average Bonchev–Trinajstić information content (AvgIpc) is 3.83. The number of carbonyl (C=O) groups is 2. The average molecular weight is 819 g/mol. The Kier molecular flexibility index (Phi) is 13.7. The van der Waals surface area contributed by atoms with Gasteiger partial charge in [0.2, 0.25) is 11.8 Å². The van der Waals surface area contributed by atoms with Crippen LogP contribution in [0.5, 0.6) is 0 Å². The first-order valence-corrected chi connectivity index (χ1v) is 22.6. The molecule has 0 radical (unpaired) electrons. The molecule has 0 aliphatic carbocycles. The molecule has 2 saturated heterocycles. The summed E-state index contributed by atoms with van der Waals surface area (Å²) < 4.78 is 58.9. The summed E-state index contributed by atoms with van der Waals surface area (Å²) >= 11 is 2.49. The number of sulfone groups is 2. The molecular weight excluding hydrogens is 773 g/mol. The fraction of sp³-hybridized carbons (Fsp3) is 0.500. The standard InChI is InChI=1S/2C18H23N3O4S2/c1-18(2,27(23,24)12-13-5-8-25-9-6-13)16(22)21-17-20-15(11-26-17)14-4-3-7-19-10-14;1-18(2,27(23,24)12-13-6-9-25-10-7-13)16(22)21-17-20-15(11-26-17)14-5-3-4-8-19-14/h3-4,7,10-11,13H,5-6,8-9,12H2,1-2H3,(H,20,21,22);3-5,8,11,13H,6-7,9-10,12H2,1-2H3,(H,20,21,22). The van der Waals surface area contributed by atoms with Gasteiger partial charge >= 0.3 is 0 Å². The quantitative estimate of drug-likeness (QED) is 0.182. The highest BCUT2D eigenvalue weighted by Gasteiger charge is 2.44. The SMILES string of the molecule is CC(C)(C(=O)Nc1nc(-c2ccccn2)cs1)S(=O)(=O)CC1CCOCC1.CC(C)(C(=O)Nc1nc(-c2cccnc2)cs1)S(=O)(=O)CC1CCOCC1. The van der Waals surface area contributed by atoms with E-state index < -0.39 is 41.0 Å². The normalized spacial score (nSPS) is 16.2. The Hall–Kier alpha value is -3.68. The third-order valence-electron chi connectivity index (χ3n) is 9.57. The van der Waals surface area contributed by atoms with Crippen LogP contribution in [-0.2, 0) is 38.7 Å². The van der Waals surface area contributed by atoms with Crippen molar-refractivity contribution in [2.45, 2.75) is 62.9 Å². The smallest absolute Gasteiger partial charge is 0.247 e. The Morgan fingerprint density at radius 2 is 1.20 bits per heavy atom. The van der Waals surface area contributed by atoms with Crippen molar-refractivity contribution in [3.05, 3.63) is 59.7 Å². The molecular formula is C36H46N6O8S4. The van der Waals surface area contributed by atoms with Gasteiger partial charge in [0.05, 0.1) is 22.9 Å². The molecule has 0 aromatic carbocycles. The summed E-state index contributed by atoms with van der Waals surface area (Å²) in [4.78, 5) is 42.4. The van der Waals surface area contributed by atoms with Gasteiger partial charge in [0.1, 0.15) is 15.2 Å². The maximum absolute atomic E-state index is 12.9. The number of anilines is 2. The predicted octanol–water partition coefficient (Wildman–Crippen LogP) is 5.53. The van der Waals surface area contributed by atoms with Crippen molar-refractivity contribution in [1.29, 1.82) is 0 Å². The van der Waals surface area contributed by atoms with Crippen molar-refractivity contribution in [3.8, 4) is 22.6 Å². The Labute approximate surface area is 324 Å². The predicted molar refractivity (Wildman–Crippen MR) is 211 cm³/mol. The molecule has 0 spiro atoms. The van der Waals surface area contributed by atoms with Crippen LogP contribution in [0, 0.1) is 11.8 Å². The topological polar surface area (TPSA) is 196 Å². The van der Waals surface area contributed by atoms with Crippen LogP contribution in [0.2, 0.25) is 0 Å². The van der Waals surface area contributed by atoms with E-state index in [0.29, 0.717) is 79.5 Å². The lowest BCUT2D eigenvalue weighted by Crippen LogP contribution is -2.47. The summed E-state index contributed by atoms with van der Waals surface area (Å²) in [5, 5.41) is 9.62. The number of hydrogen-bond donors (Lipinski definition) is 2. The van der Waals surface area contributed by atoms with Gasteiger partial charge in [-0.2, -0.15) is 0 Å². The molecule has 6 rings (SSSR count). The molecule has 0 bridgehead atoms. The van der Waals surface area contributed by atoms with Crippen LogP contribution in [0.3, 0.4) is 0 Å². The van der Waals surface area contributed by atoms with Gasteiger partial charge in [0.25, 0.3) is 0 Å². The Morgan fingerprint density at radius 1 is 0.704 bits per heavy atom. The van der Waals surface area contributed by atoms with Crippen molar-refractivity contribution < 1.29 is 35.9 Å². The lowest BCUT2D eigenvalue weighted by molar-refractivity contribution is -0.118. The summed E-state index contributed by atoms with van der Waals surface area (Å²) in [6.07, 6.45) is 7.84. The molecule has 292 valence electrons. The zero-order chi connectivity index (χ0) is 39.0. The van der Waals surface area contributed by atoms with E-state index in [1.807, 2.05) is 24.3 Å². The van der Waals surface area contributed by atoms with E-state index in [0.717, 1.165) is 5.56 Å². The van der Waals surface area contributed by atoms with Crippen LogP contribution in [-0.4, -0.2) is 96.0 Å². The first-order valence-electron chi connectivity index (χ1n) is 17.5. The van der Waals surface area contributed by atoms with E-state index in [9.17, 15) is 26.4 Å². The van der Waals surface area contributed by atoms with E-state index in [1.165, 1.54) is 50.4 Å². The second-order valence-corrected chi connectivity index (χ2v) is 21.0. The summed E-state index contributed by atoms with van der Waals surface area (Å²) in [7, 11) is -7.25. The fourth-order valence-electron chi connectivity index (χ4n) is 5.58. The number of amides is 2. The second-order valence-electron chi connectivity index (χ2n) is 14.1. The van der Waals surface area contributed by atoms with Gasteiger partial charge in [-0.05, 0) is 89.5 Å². The number of aromatic nitrogens is 4. The van der Waals surface area contributed by atoms with Crippen molar-refractivity contribution in [1.82, 2.24) is 19.9 Å². The largest absolute Gasteiger partial charge is 0.381 e. The number of thiazole rings is 2. The third-order valence-corrected chi connectivity index (χ3v) is 16.4. The highest BCUT2D eigenvalue weighted by molar-refractivity contribution is 7.93. The van der Waals surface area contributed by atoms with Crippen molar-refractivity contribution in [2.24, 2.45) is 11.8 Å². The lowest BCUT2D eigenvalue weighted by Gasteiger charge is -2.28. The van der Waals surface area contributed by atoms with Gasteiger partial charge in [-0.15, -0.1) is 22.7 Å². The summed E-state index contributed by atoms with van der Waals surface area (Å²) in [5.74, 6) is -1.08. The number of carbonyl (C=O) groups excluding carboxylic acids is 2. The van der Waals surface area contributed by atoms with Crippen LogP contribution in [0.1, 0.15) is 53.4 Å².